The molecule has 1 aromatic carbocycles. The minimum absolute atomic E-state index is 0.154. The van der Waals surface area contributed by atoms with E-state index in [0.717, 1.165) is 33.7 Å². The predicted octanol–water partition coefficient (Wildman–Crippen LogP) is 6.75. The lowest BCUT2D eigenvalue weighted by Crippen LogP contribution is -2.51. The summed E-state index contributed by atoms with van der Waals surface area (Å²) in [6.45, 7) is 23.1. The number of allylic oxidation sites excluding steroid dienone is 14. The van der Waals surface area contributed by atoms with Crippen LogP contribution in [0.5, 0.6) is 5.75 Å². The molecule has 0 fully saturated rings. The van der Waals surface area contributed by atoms with Crippen molar-refractivity contribution < 1.29 is 5.11 Å². The Bertz CT molecular complexity index is 1240. The number of phenolic OH excluding ortho intramolecular Hbond substituents is 1. The first-order valence-electron chi connectivity index (χ1n) is 10.8. The van der Waals surface area contributed by atoms with Gasteiger partial charge in [-0.2, -0.15) is 0 Å². The van der Waals surface area contributed by atoms with Crippen LogP contribution in [0, 0.1) is 0 Å². The van der Waals surface area contributed by atoms with Crippen LogP contribution in [0.4, 0.5) is 11.4 Å². The van der Waals surface area contributed by atoms with Crippen molar-refractivity contribution in [3.05, 3.63) is 153 Å². The maximum absolute atomic E-state index is 10.4. The van der Waals surface area contributed by atoms with Crippen LogP contribution in [0.15, 0.2) is 158 Å². The van der Waals surface area contributed by atoms with Gasteiger partial charge in [-0.1, -0.05) is 94.2 Å². The largest absolute Gasteiger partial charge is 0.508 e. The van der Waals surface area contributed by atoms with Crippen molar-refractivity contribution in [2.45, 2.75) is 0 Å². The molecule has 3 rings (SSSR count). The van der Waals surface area contributed by atoms with Crippen LogP contribution in [0.2, 0.25) is 0 Å². The minimum atomic E-state index is -0.331. The summed E-state index contributed by atoms with van der Waals surface area (Å²) in [5, 5.41) is 10.4. The first kappa shape index (κ1) is 24.1. The lowest BCUT2D eigenvalue weighted by molar-refractivity contribution is 0.475. The number of aliphatic imine (C=N–C) groups is 1. The van der Waals surface area contributed by atoms with Gasteiger partial charge < -0.3 is 14.7 Å². The molecule has 1 N–H and O–H groups in total. The van der Waals surface area contributed by atoms with Gasteiger partial charge in [0.1, 0.15) is 11.6 Å². The summed E-state index contributed by atoms with van der Waals surface area (Å²) in [5.41, 5.74) is 5.49. The van der Waals surface area contributed by atoms with E-state index in [-0.39, 0.29) is 12.7 Å². The Morgan fingerprint density at radius 2 is 1.68 bits per heavy atom. The van der Waals surface area contributed by atoms with Crippen molar-refractivity contribution in [1.29, 1.82) is 0 Å². The van der Waals surface area contributed by atoms with E-state index in [4.69, 9.17) is 0 Å². The lowest BCUT2D eigenvalue weighted by atomic mass is 9.57. The number of hydrogen-bond donors (Lipinski definition) is 1. The van der Waals surface area contributed by atoms with Crippen LogP contribution in [0.3, 0.4) is 0 Å². The average molecular weight is 445 g/mol. The van der Waals surface area contributed by atoms with E-state index in [2.05, 4.69) is 54.1 Å². The Balaban J connectivity index is 2.49. The normalized spacial score (nSPS) is 18.0. The quantitative estimate of drug-likeness (QED) is 0.260. The van der Waals surface area contributed by atoms with Crippen LogP contribution in [0.25, 0.3) is 0 Å². The molecule has 0 saturated heterocycles. The lowest BCUT2D eigenvalue weighted by Gasteiger charge is -2.38. The van der Waals surface area contributed by atoms with Gasteiger partial charge in [0.25, 0.3) is 0 Å². The molecule has 0 amide bonds. The van der Waals surface area contributed by atoms with E-state index in [1.807, 2.05) is 42.5 Å². The van der Waals surface area contributed by atoms with E-state index in [0.29, 0.717) is 5.82 Å². The Labute approximate surface area is 202 Å². The molecule has 0 unspecified atom stereocenters. The summed E-state index contributed by atoms with van der Waals surface area (Å²) >= 11 is 0. The fraction of sp³-hybridized carbons (Fsp3) is 0. The Morgan fingerprint density at radius 1 is 0.912 bits per heavy atom. The number of nitrogens with zero attached hydrogens (tertiary/aromatic N) is 3. The molecule has 4 nitrogen and oxygen atoms in total. The molecular weight excluding hydrogens is 417 g/mol. The second kappa shape index (κ2) is 10.9. The van der Waals surface area contributed by atoms with Gasteiger partial charge in [-0.3, -0.25) is 0 Å². The van der Waals surface area contributed by atoms with E-state index in [9.17, 15) is 5.11 Å². The molecule has 0 spiro atoms. The van der Waals surface area contributed by atoms with Gasteiger partial charge in [-0.15, -0.1) is 0 Å². The predicted molar refractivity (Wildman–Crippen MR) is 149 cm³/mol. The van der Waals surface area contributed by atoms with Gasteiger partial charge in [0.15, 0.2) is 0 Å². The third-order valence-electron chi connectivity index (χ3n) is 5.38. The van der Waals surface area contributed by atoms with E-state index >= 15 is 0 Å². The van der Waals surface area contributed by atoms with Gasteiger partial charge in [0.2, 0.25) is 0 Å². The number of anilines is 2. The van der Waals surface area contributed by atoms with E-state index < -0.39 is 0 Å². The SMILES string of the molecule is C=CC=N/C(=C\C=C)N1B2C(=C/C=C)/C(=C\C=C)C(C=C)=C(/C=C\C=C)N2c2ccc(O)cc21. The highest BCUT2D eigenvalue weighted by molar-refractivity contribution is 6.79. The van der Waals surface area contributed by atoms with E-state index in [1.165, 1.54) is 0 Å². The second-order valence-corrected chi connectivity index (χ2v) is 7.33. The number of aromatic hydroxyl groups is 1. The fourth-order valence-electron chi connectivity index (χ4n) is 4.21. The van der Waals surface area contributed by atoms with Crippen molar-refractivity contribution in [2.24, 2.45) is 4.99 Å². The number of rotatable bonds is 9. The molecule has 2 aliphatic heterocycles. The monoisotopic (exact) mass is 445 g/mol. The molecule has 5 heteroatoms. The third-order valence-corrected chi connectivity index (χ3v) is 5.38. The highest BCUT2D eigenvalue weighted by Crippen LogP contribution is 2.50. The van der Waals surface area contributed by atoms with Crippen LogP contribution in [0.1, 0.15) is 0 Å². The molecule has 0 aromatic heterocycles. The topological polar surface area (TPSA) is 39.1 Å². The Hall–Kier alpha value is -4.51. The highest BCUT2D eigenvalue weighted by Gasteiger charge is 2.49. The maximum atomic E-state index is 10.4. The highest BCUT2D eigenvalue weighted by atomic mass is 16.3. The van der Waals surface area contributed by atoms with Crippen molar-refractivity contribution in [2.75, 3.05) is 9.62 Å². The van der Waals surface area contributed by atoms with Gasteiger partial charge in [0.05, 0.1) is 11.4 Å². The van der Waals surface area contributed by atoms with Crippen LogP contribution in [-0.4, -0.2) is 18.3 Å². The molecule has 1 aromatic rings. The third kappa shape index (κ3) is 4.24. The van der Waals surface area contributed by atoms with Crippen LogP contribution < -0.4 is 9.62 Å². The molecule has 0 aliphatic carbocycles. The number of phenols is 1. The van der Waals surface area contributed by atoms with Gasteiger partial charge in [0, 0.05) is 23.6 Å². The van der Waals surface area contributed by atoms with E-state index in [1.54, 1.807) is 48.7 Å². The van der Waals surface area contributed by atoms with Crippen molar-refractivity contribution in [1.82, 2.24) is 0 Å². The first-order chi connectivity index (χ1) is 16.6. The van der Waals surface area contributed by atoms with Crippen molar-refractivity contribution in [3.8, 4) is 5.75 Å². The zero-order chi connectivity index (χ0) is 24.7. The maximum Gasteiger partial charge on any atom is 0.422 e. The summed E-state index contributed by atoms with van der Waals surface area (Å²) in [6, 6.07) is 5.31. The van der Waals surface area contributed by atoms with Gasteiger partial charge >= 0.3 is 6.98 Å². The molecular formula is C29H28BN3O. The number of fused-ring (bicyclic) bond motifs is 3. The average Bonchev–Trinajstić information content (AvgIpc) is 3.16. The second-order valence-electron chi connectivity index (χ2n) is 7.33. The smallest absolute Gasteiger partial charge is 0.422 e. The number of benzene rings is 1. The molecule has 34 heavy (non-hydrogen) atoms. The molecule has 0 radical (unpaired) electrons. The summed E-state index contributed by atoms with van der Waals surface area (Å²) in [4.78, 5) is 8.88. The summed E-state index contributed by atoms with van der Waals surface area (Å²) < 4.78 is 0. The summed E-state index contributed by atoms with van der Waals surface area (Å²) in [5.74, 6) is 0.790. The Morgan fingerprint density at radius 3 is 2.29 bits per heavy atom. The Kier molecular flexibility index (Phi) is 7.73. The summed E-state index contributed by atoms with van der Waals surface area (Å²) in [6.07, 6.45) is 21.7. The molecule has 2 aliphatic rings. The summed E-state index contributed by atoms with van der Waals surface area (Å²) in [7, 11) is 0. The van der Waals surface area contributed by atoms with Crippen LogP contribution >= 0.6 is 0 Å². The molecule has 168 valence electrons. The van der Waals surface area contributed by atoms with Gasteiger partial charge in [-0.25, -0.2) is 4.99 Å². The zero-order valence-corrected chi connectivity index (χ0v) is 19.3. The minimum Gasteiger partial charge on any atom is -0.508 e. The fourth-order valence-corrected chi connectivity index (χ4v) is 4.21. The van der Waals surface area contributed by atoms with Crippen LogP contribution in [-0.2, 0) is 0 Å². The van der Waals surface area contributed by atoms with Crippen molar-refractivity contribution in [3.63, 3.8) is 0 Å². The molecule has 0 atom stereocenters. The zero-order valence-electron chi connectivity index (χ0n) is 19.3. The van der Waals surface area contributed by atoms with Crippen molar-refractivity contribution >= 4 is 24.6 Å². The standard InChI is InChI=1S/C29H28BN3O/c1-7-13-17-26-23(12-6)24(14-8-2)25(15-9-3)30-32(26)27-19-18-22(34)21-28(27)33(30)29(16-10-4)31-20-11-5/h7-21,34H,1-6H2/b17-13-,24-14-,25-15+,29-16+,31-20?. The first-order valence-corrected chi connectivity index (χ1v) is 10.8. The number of hydrogen-bond acceptors (Lipinski definition) is 4. The van der Waals surface area contributed by atoms with Gasteiger partial charge in [-0.05, 0) is 35.3 Å². The molecule has 0 bridgehead atoms. The molecule has 2 heterocycles. The molecule has 0 saturated carbocycles.